The molecule has 0 radical (unpaired) electrons. The van der Waals surface area contributed by atoms with Gasteiger partial charge in [-0.3, -0.25) is 9.78 Å². The van der Waals surface area contributed by atoms with Crippen LogP contribution in [-0.4, -0.2) is 11.3 Å². The van der Waals surface area contributed by atoms with Crippen LogP contribution in [0.1, 0.15) is 33.6 Å². The van der Waals surface area contributed by atoms with Gasteiger partial charge in [-0.15, -0.1) is 0 Å². The lowest BCUT2D eigenvalue weighted by atomic mass is 10.0. The Hall–Kier alpha value is -0.840. The zero-order valence-corrected chi connectivity index (χ0v) is 9.01. The van der Waals surface area contributed by atoms with Gasteiger partial charge in [-0.1, -0.05) is 15.9 Å². The normalized spacial score (nSPS) is 10.6. The van der Waals surface area contributed by atoms with Crippen LogP contribution < -0.4 is 0 Å². The maximum Gasteiger partial charge on any atom is 0.266 e. The molecule has 1 rings (SSSR count). The van der Waals surface area contributed by atoms with E-state index in [1.807, 2.05) is 0 Å². The molecule has 14 heavy (non-hydrogen) atoms. The van der Waals surface area contributed by atoms with Crippen LogP contribution in [0, 0.1) is 6.92 Å². The second-order valence-corrected chi connectivity index (χ2v) is 3.30. The Labute approximate surface area is 88.5 Å². The maximum atomic E-state index is 12.4. The number of rotatable bonds is 3. The zero-order valence-electron chi connectivity index (χ0n) is 7.43. The van der Waals surface area contributed by atoms with Crippen molar-refractivity contribution in [3.05, 3.63) is 28.6 Å². The van der Waals surface area contributed by atoms with Crippen LogP contribution in [0.5, 0.6) is 0 Å². The molecule has 0 saturated heterocycles. The number of halogens is 3. The molecule has 5 heteroatoms. The van der Waals surface area contributed by atoms with E-state index < -0.39 is 6.43 Å². The van der Waals surface area contributed by atoms with Crippen LogP contribution in [0.15, 0.2) is 6.20 Å². The van der Waals surface area contributed by atoms with Gasteiger partial charge in [-0.25, -0.2) is 8.78 Å². The second kappa shape index (κ2) is 4.59. The minimum absolute atomic E-state index is 0.0457. The zero-order chi connectivity index (χ0) is 10.7. The molecule has 0 aliphatic heterocycles. The van der Waals surface area contributed by atoms with E-state index in [0.717, 1.165) is 6.20 Å². The van der Waals surface area contributed by atoms with E-state index in [0.29, 0.717) is 22.9 Å². The summed E-state index contributed by atoms with van der Waals surface area (Å²) in [6.45, 7) is 1.68. The van der Waals surface area contributed by atoms with Crippen LogP contribution in [0.3, 0.4) is 0 Å². The molecule has 1 heterocycles. The summed E-state index contributed by atoms with van der Waals surface area (Å²) in [5, 5.41) is 0.348. The Morgan fingerprint density at radius 3 is 2.71 bits per heavy atom. The highest BCUT2D eigenvalue weighted by molar-refractivity contribution is 9.08. The molecule has 0 amide bonds. The van der Waals surface area contributed by atoms with E-state index in [-0.39, 0.29) is 11.1 Å². The molecule has 0 fully saturated rings. The van der Waals surface area contributed by atoms with Crippen molar-refractivity contribution in [1.82, 2.24) is 4.98 Å². The third kappa shape index (κ3) is 1.97. The number of carbonyl (C=O) groups is 1. The quantitative estimate of drug-likeness (QED) is 0.620. The monoisotopic (exact) mass is 263 g/mol. The van der Waals surface area contributed by atoms with Crippen LogP contribution in [0.2, 0.25) is 0 Å². The van der Waals surface area contributed by atoms with Gasteiger partial charge in [0.05, 0.1) is 0 Å². The van der Waals surface area contributed by atoms with Crippen molar-refractivity contribution >= 4 is 22.2 Å². The highest BCUT2D eigenvalue weighted by Gasteiger charge is 2.17. The Balaban J connectivity index is 3.40. The van der Waals surface area contributed by atoms with Crippen LogP contribution >= 0.6 is 15.9 Å². The summed E-state index contributed by atoms with van der Waals surface area (Å²) in [5.74, 6) is 0. The minimum atomic E-state index is -2.67. The predicted molar refractivity (Wildman–Crippen MR) is 51.9 cm³/mol. The van der Waals surface area contributed by atoms with E-state index in [4.69, 9.17) is 0 Å². The fourth-order valence-corrected chi connectivity index (χ4v) is 1.87. The highest BCUT2D eigenvalue weighted by atomic mass is 79.9. The van der Waals surface area contributed by atoms with Gasteiger partial charge >= 0.3 is 0 Å². The largest absolute Gasteiger partial charge is 0.298 e. The fourth-order valence-electron chi connectivity index (χ4n) is 1.16. The average Bonchev–Trinajstić information content (AvgIpc) is 2.16. The third-order valence-corrected chi connectivity index (χ3v) is 2.52. The molecule has 0 aromatic carbocycles. The Bertz CT molecular complexity index is 355. The molecule has 0 aliphatic rings. The number of aldehydes is 1. The van der Waals surface area contributed by atoms with Gasteiger partial charge in [-0.05, 0) is 12.5 Å². The van der Waals surface area contributed by atoms with E-state index in [9.17, 15) is 13.6 Å². The summed E-state index contributed by atoms with van der Waals surface area (Å²) in [5.41, 5.74) is 0.857. The molecule has 2 nitrogen and oxygen atoms in total. The summed E-state index contributed by atoms with van der Waals surface area (Å²) in [6, 6.07) is 0. The Morgan fingerprint density at radius 2 is 2.29 bits per heavy atom. The number of pyridine rings is 1. The van der Waals surface area contributed by atoms with Crippen LogP contribution in [0.25, 0.3) is 0 Å². The van der Waals surface area contributed by atoms with E-state index >= 15 is 0 Å². The standard InChI is InChI=1S/C9H8BrF2NO/c1-5-6(2-10)8(4-14)7(3-13-5)9(11)12/h3-4,9H,2H2,1H3. The van der Waals surface area contributed by atoms with Gasteiger partial charge in [0.1, 0.15) is 0 Å². The van der Waals surface area contributed by atoms with E-state index in [1.54, 1.807) is 6.92 Å². The molecule has 1 aromatic heterocycles. The third-order valence-electron chi connectivity index (χ3n) is 1.96. The van der Waals surface area contributed by atoms with Crippen molar-refractivity contribution < 1.29 is 13.6 Å². The van der Waals surface area contributed by atoms with Crippen molar-refractivity contribution in [2.75, 3.05) is 0 Å². The molecule has 0 aliphatic carbocycles. The van der Waals surface area contributed by atoms with Crippen molar-refractivity contribution in [1.29, 1.82) is 0 Å². The Morgan fingerprint density at radius 1 is 1.64 bits per heavy atom. The smallest absolute Gasteiger partial charge is 0.266 e. The first-order valence-electron chi connectivity index (χ1n) is 3.89. The van der Waals surface area contributed by atoms with Gasteiger partial charge in [0, 0.05) is 28.3 Å². The van der Waals surface area contributed by atoms with Crippen molar-refractivity contribution in [2.24, 2.45) is 0 Å². The molecule has 1 aromatic rings. The SMILES string of the molecule is Cc1ncc(C(F)F)c(C=O)c1CBr. The van der Waals surface area contributed by atoms with Gasteiger partial charge in [0.2, 0.25) is 0 Å². The van der Waals surface area contributed by atoms with Crippen LogP contribution in [0.4, 0.5) is 8.78 Å². The highest BCUT2D eigenvalue weighted by Crippen LogP contribution is 2.26. The molecular weight excluding hydrogens is 256 g/mol. The lowest BCUT2D eigenvalue weighted by molar-refractivity contribution is 0.110. The van der Waals surface area contributed by atoms with E-state index in [1.165, 1.54) is 0 Å². The number of hydrogen-bond donors (Lipinski definition) is 0. The molecule has 0 N–H and O–H groups in total. The average molecular weight is 264 g/mol. The molecule has 0 saturated carbocycles. The van der Waals surface area contributed by atoms with Crippen molar-refractivity contribution in [3.63, 3.8) is 0 Å². The number of aromatic nitrogens is 1. The predicted octanol–water partition coefficient (Wildman–Crippen LogP) is 3.04. The lowest BCUT2D eigenvalue weighted by Crippen LogP contribution is -2.03. The van der Waals surface area contributed by atoms with Crippen LogP contribution in [-0.2, 0) is 5.33 Å². The van der Waals surface area contributed by atoms with E-state index in [2.05, 4.69) is 20.9 Å². The summed E-state index contributed by atoms with van der Waals surface area (Å²) >= 11 is 3.14. The first-order valence-corrected chi connectivity index (χ1v) is 5.01. The van der Waals surface area contributed by atoms with Crippen molar-refractivity contribution in [3.8, 4) is 0 Å². The minimum Gasteiger partial charge on any atom is -0.298 e. The summed E-state index contributed by atoms with van der Waals surface area (Å²) in [6.07, 6.45) is -1.16. The first-order chi connectivity index (χ1) is 6.61. The first kappa shape index (κ1) is 11.2. The van der Waals surface area contributed by atoms with Gasteiger partial charge in [-0.2, -0.15) is 0 Å². The van der Waals surface area contributed by atoms with Gasteiger partial charge < -0.3 is 0 Å². The van der Waals surface area contributed by atoms with Crippen molar-refractivity contribution in [2.45, 2.75) is 18.7 Å². The second-order valence-electron chi connectivity index (χ2n) is 2.74. The topological polar surface area (TPSA) is 30.0 Å². The Kier molecular flexibility index (Phi) is 3.69. The molecule has 0 spiro atoms. The molecular formula is C9H8BrF2NO. The number of alkyl halides is 3. The number of nitrogens with zero attached hydrogens (tertiary/aromatic N) is 1. The van der Waals surface area contributed by atoms with Gasteiger partial charge in [0.15, 0.2) is 6.29 Å². The maximum absolute atomic E-state index is 12.4. The fraction of sp³-hybridized carbons (Fsp3) is 0.333. The molecule has 76 valence electrons. The molecule has 0 atom stereocenters. The summed E-state index contributed by atoms with van der Waals surface area (Å²) in [4.78, 5) is 14.5. The number of carbonyl (C=O) groups excluding carboxylic acids is 1. The number of hydrogen-bond acceptors (Lipinski definition) is 2. The molecule has 0 bridgehead atoms. The summed E-state index contributed by atoms with van der Waals surface area (Å²) < 4.78 is 24.9. The summed E-state index contributed by atoms with van der Waals surface area (Å²) in [7, 11) is 0. The number of aryl methyl sites for hydroxylation is 1. The van der Waals surface area contributed by atoms with Gasteiger partial charge in [0.25, 0.3) is 6.43 Å². The molecule has 0 unspecified atom stereocenters. The lowest BCUT2D eigenvalue weighted by Gasteiger charge is -2.09.